The normalized spacial score (nSPS) is 11.2. The van der Waals surface area contributed by atoms with Gasteiger partial charge in [0.05, 0.1) is 11.9 Å². The quantitative estimate of drug-likeness (QED) is 0.618. The van der Waals surface area contributed by atoms with Crippen molar-refractivity contribution in [3.8, 4) is 0 Å². The number of nitrogens with zero attached hydrogens (tertiary/aromatic N) is 3. The van der Waals surface area contributed by atoms with Gasteiger partial charge in [-0.15, -0.1) is 5.10 Å². The second-order valence-corrected chi connectivity index (χ2v) is 5.23. The molecule has 0 aliphatic heterocycles. The van der Waals surface area contributed by atoms with Crippen molar-refractivity contribution in [2.24, 2.45) is 0 Å². The molecule has 0 spiro atoms. The minimum atomic E-state index is -0.998. The summed E-state index contributed by atoms with van der Waals surface area (Å²) in [6.45, 7) is 3.24. The molecule has 2 aromatic heterocycles. The van der Waals surface area contributed by atoms with Crippen LogP contribution in [0.5, 0.6) is 0 Å². The molecule has 0 fully saturated rings. The molecular weight excluding hydrogens is 294 g/mol. The third-order valence-electron chi connectivity index (χ3n) is 3.34. The van der Waals surface area contributed by atoms with Crippen LogP contribution in [-0.4, -0.2) is 38.9 Å². The Morgan fingerprint density at radius 3 is 3.00 bits per heavy atom. The Bertz CT molecular complexity index is 666. The van der Waals surface area contributed by atoms with Crippen molar-refractivity contribution in [1.82, 2.24) is 19.9 Å². The number of carbonyl (C=O) groups is 1. The Hall–Kier alpha value is -2.57. The first-order valence-corrected chi connectivity index (χ1v) is 7.92. The summed E-state index contributed by atoms with van der Waals surface area (Å²) >= 11 is 0. The fourth-order valence-electron chi connectivity index (χ4n) is 2.13. The molecule has 23 heavy (non-hydrogen) atoms. The molecule has 0 atom stereocenters. The number of carboxylic acid groups (broad SMARTS) is 1. The number of nitrogens with one attached hydrogen (secondary N) is 2. The average molecular weight is 317 g/mol. The number of hydrogen-bond donors (Lipinski definition) is 3. The highest BCUT2D eigenvalue weighted by molar-refractivity contribution is 5.64. The monoisotopic (exact) mass is 317 g/mol. The van der Waals surface area contributed by atoms with Gasteiger partial charge in [0.2, 0.25) is 0 Å². The summed E-state index contributed by atoms with van der Waals surface area (Å²) in [6.07, 6.45) is 9.11. The van der Waals surface area contributed by atoms with Crippen LogP contribution in [0.25, 0.3) is 11.7 Å². The molecule has 7 heteroatoms. The van der Waals surface area contributed by atoms with Crippen LogP contribution in [0.2, 0.25) is 0 Å². The zero-order valence-corrected chi connectivity index (χ0v) is 13.3. The Morgan fingerprint density at radius 1 is 1.35 bits per heavy atom. The van der Waals surface area contributed by atoms with Crippen molar-refractivity contribution in [2.75, 3.05) is 18.4 Å². The topological polar surface area (TPSA) is 91.5 Å². The SMILES string of the molecule is CCCC/C=C/c1cnc2ccc(NCCCNC(=O)O)nn12. The fraction of sp³-hybridized carbons (Fsp3) is 0.438. The molecule has 0 aliphatic carbocycles. The maximum absolute atomic E-state index is 10.4. The van der Waals surface area contributed by atoms with E-state index in [0.29, 0.717) is 19.5 Å². The highest BCUT2D eigenvalue weighted by Gasteiger charge is 2.03. The molecule has 0 radical (unpaired) electrons. The van der Waals surface area contributed by atoms with Crippen molar-refractivity contribution < 1.29 is 9.90 Å². The minimum absolute atomic E-state index is 0.418. The Balaban J connectivity index is 1.94. The van der Waals surface area contributed by atoms with Gasteiger partial charge in [-0.2, -0.15) is 0 Å². The first-order chi connectivity index (χ1) is 11.2. The molecule has 0 bridgehead atoms. The van der Waals surface area contributed by atoms with Crippen LogP contribution in [0.15, 0.2) is 24.4 Å². The summed E-state index contributed by atoms with van der Waals surface area (Å²) in [5, 5.41) is 18.5. The summed E-state index contributed by atoms with van der Waals surface area (Å²) < 4.78 is 1.81. The van der Waals surface area contributed by atoms with Crippen LogP contribution in [-0.2, 0) is 0 Å². The van der Waals surface area contributed by atoms with Crippen molar-refractivity contribution in [1.29, 1.82) is 0 Å². The molecule has 0 aliphatic rings. The number of amides is 1. The first kappa shape index (κ1) is 16.8. The second kappa shape index (κ2) is 8.77. The summed E-state index contributed by atoms with van der Waals surface area (Å²) in [6, 6.07) is 3.78. The largest absolute Gasteiger partial charge is 0.465 e. The number of aromatic nitrogens is 3. The maximum Gasteiger partial charge on any atom is 0.404 e. The summed E-state index contributed by atoms with van der Waals surface area (Å²) in [5.74, 6) is 0.744. The van der Waals surface area contributed by atoms with Gasteiger partial charge in [-0.05, 0) is 31.1 Å². The van der Waals surface area contributed by atoms with E-state index in [9.17, 15) is 4.79 Å². The number of rotatable bonds is 9. The fourth-order valence-corrected chi connectivity index (χ4v) is 2.13. The molecule has 1 amide bonds. The van der Waals surface area contributed by atoms with E-state index in [1.54, 1.807) is 4.52 Å². The van der Waals surface area contributed by atoms with Gasteiger partial charge in [-0.3, -0.25) is 0 Å². The first-order valence-electron chi connectivity index (χ1n) is 7.92. The Kier molecular flexibility index (Phi) is 6.40. The smallest absolute Gasteiger partial charge is 0.404 e. The number of anilines is 1. The molecule has 2 rings (SSSR count). The van der Waals surface area contributed by atoms with Gasteiger partial charge in [0.25, 0.3) is 0 Å². The molecule has 0 unspecified atom stereocenters. The van der Waals surface area contributed by atoms with Crippen molar-refractivity contribution >= 4 is 23.6 Å². The highest BCUT2D eigenvalue weighted by Crippen LogP contribution is 2.11. The lowest BCUT2D eigenvalue weighted by atomic mass is 10.2. The van der Waals surface area contributed by atoms with Gasteiger partial charge < -0.3 is 15.7 Å². The minimum Gasteiger partial charge on any atom is -0.465 e. The molecule has 3 N–H and O–H groups in total. The summed E-state index contributed by atoms with van der Waals surface area (Å²) in [5.41, 5.74) is 1.76. The third kappa shape index (κ3) is 5.28. The summed E-state index contributed by atoms with van der Waals surface area (Å²) in [7, 11) is 0. The van der Waals surface area contributed by atoms with E-state index in [2.05, 4.69) is 33.7 Å². The van der Waals surface area contributed by atoms with Crippen LogP contribution >= 0.6 is 0 Å². The number of imidazole rings is 1. The second-order valence-electron chi connectivity index (χ2n) is 5.23. The van der Waals surface area contributed by atoms with Crippen LogP contribution in [0, 0.1) is 0 Å². The zero-order valence-electron chi connectivity index (χ0n) is 13.3. The maximum atomic E-state index is 10.4. The van der Waals surface area contributed by atoms with Crippen molar-refractivity contribution in [3.05, 3.63) is 30.1 Å². The van der Waals surface area contributed by atoms with Crippen LogP contribution in [0.1, 0.15) is 38.3 Å². The van der Waals surface area contributed by atoms with Crippen molar-refractivity contribution in [2.45, 2.75) is 32.6 Å². The van der Waals surface area contributed by atoms with E-state index < -0.39 is 6.09 Å². The molecule has 2 heterocycles. The Morgan fingerprint density at radius 2 is 2.22 bits per heavy atom. The molecule has 2 aromatic rings. The average Bonchev–Trinajstić information content (AvgIpc) is 2.93. The zero-order chi connectivity index (χ0) is 16.5. The van der Waals surface area contributed by atoms with Gasteiger partial charge in [0, 0.05) is 13.1 Å². The van der Waals surface area contributed by atoms with Gasteiger partial charge >= 0.3 is 6.09 Å². The van der Waals surface area contributed by atoms with Gasteiger partial charge in [0.1, 0.15) is 5.82 Å². The molecule has 124 valence electrons. The number of unbranched alkanes of at least 4 members (excludes halogenated alkanes) is 2. The number of allylic oxidation sites excluding steroid dienone is 1. The van der Waals surface area contributed by atoms with Gasteiger partial charge in [0.15, 0.2) is 5.65 Å². The predicted molar refractivity (Wildman–Crippen MR) is 90.7 cm³/mol. The van der Waals surface area contributed by atoms with E-state index in [4.69, 9.17) is 5.11 Å². The van der Waals surface area contributed by atoms with Gasteiger partial charge in [-0.1, -0.05) is 25.8 Å². The number of fused-ring (bicyclic) bond motifs is 1. The van der Waals surface area contributed by atoms with Crippen LogP contribution in [0.3, 0.4) is 0 Å². The van der Waals surface area contributed by atoms with Gasteiger partial charge in [-0.25, -0.2) is 14.3 Å². The lowest BCUT2D eigenvalue weighted by Gasteiger charge is -2.06. The predicted octanol–water partition coefficient (Wildman–Crippen LogP) is 3.00. The molecule has 0 saturated carbocycles. The standard InChI is InChI=1S/C16H23N5O2/c1-2-3-4-5-7-13-12-19-15-9-8-14(20-21(13)15)17-10-6-11-18-16(22)23/h5,7-9,12,18H,2-4,6,10-11H2,1H3,(H,17,20)(H,22,23)/b7-5+. The Labute approximate surface area is 135 Å². The van der Waals surface area contributed by atoms with E-state index in [1.165, 1.54) is 12.8 Å². The molecule has 7 nitrogen and oxygen atoms in total. The molecular formula is C16H23N5O2. The molecule has 0 aromatic carbocycles. The highest BCUT2D eigenvalue weighted by atomic mass is 16.4. The number of hydrogen-bond acceptors (Lipinski definition) is 4. The van der Waals surface area contributed by atoms with E-state index in [-0.39, 0.29) is 0 Å². The lowest BCUT2D eigenvalue weighted by molar-refractivity contribution is 0.194. The van der Waals surface area contributed by atoms with E-state index in [1.807, 2.05) is 24.4 Å². The molecule has 0 saturated heterocycles. The third-order valence-corrected chi connectivity index (χ3v) is 3.34. The summed E-state index contributed by atoms with van der Waals surface area (Å²) in [4.78, 5) is 14.7. The van der Waals surface area contributed by atoms with Crippen LogP contribution in [0.4, 0.5) is 10.6 Å². The van der Waals surface area contributed by atoms with Crippen LogP contribution < -0.4 is 10.6 Å². The van der Waals surface area contributed by atoms with E-state index >= 15 is 0 Å². The van der Waals surface area contributed by atoms with Crippen molar-refractivity contribution in [3.63, 3.8) is 0 Å². The van der Waals surface area contributed by atoms with E-state index in [0.717, 1.165) is 23.6 Å². The lowest BCUT2D eigenvalue weighted by Crippen LogP contribution is -2.23.